The minimum atomic E-state index is -0.577. The molecule has 1 aliphatic heterocycles. The van der Waals surface area contributed by atoms with Crippen molar-refractivity contribution >= 4 is 29.2 Å². The van der Waals surface area contributed by atoms with Crippen molar-refractivity contribution in [2.24, 2.45) is 0 Å². The second-order valence-electron chi connectivity index (χ2n) is 6.22. The highest BCUT2D eigenvalue weighted by Gasteiger charge is 2.37. The first kappa shape index (κ1) is 17.7. The van der Waals surface area contributed by atoms with Gasteiger partial charge in [-0.05, 0) is 43.7 Å². The third kappa shape index (κ3) is 3.59. The summed E-state index contributed by atoms with van der Waals surface area (Å²) in [7, 11) is 1.30. The van der Waals surface area contributed by atoms with E-state index in [2.05, 4.69) is 5.32 Å². The number of benzene rings is 2. The average Bonchev–Trinajstić information content (AvgIpc) is 3.03. The van der Waals surface area contributed by atoms with Crippen molar-refractivity contribution in [1.29, 1.82) is 0 Å². The summed E-state index contributed by atoms with van der Waals surface area (Å²) >= 11 is 0. The van der Waals surface area contributed by atoms with Crippen LogP contribution in [-0.4, -0.2) is 30.9 Å². The molecule has 1 aliphatic rings. The van der Waals surface area contributed by atoms with E-state index < -0.39 is 12.0 Å². The molecule has 0 radical (unpaired) electrons. The molecule has 1 unspecified atom stereocenters. The molecule has 0 bridgehead atoms. The number of carbonyl (C=O) groups excluding carboxylic acids is 3. The van der Waals surface area contributed by atoms with Gasteiger partial charge in [0.05, 0.1) is 12.7 Å². The smallest absolute Gasteiger partial charge is 0.337 e. The van der Waals surface area contributed by atoms with Gasteiger partial charge in [-0.3, -0.25) is 14.5 Å². The second-order valence-corrected chi connectivity index (χ2v) is 6.22. The van der Waals surface area contributed by atoms with Crippen LogP contribution in [-0.2, 0) is 14.3 Å². The third-order valence-electron chi connectivity index (χ3n) is 4.38. The molecule has 6 nitrogen and oxygen atoms in total. The maximum absolute atomic E-state index is 12.7. The van der Waals surface area contributed by atoms with Gasteiger partial charge in [0.1, 0.15) is 6.04 Å². The van der Waals surface area contributed by atoms with Crippen LogP contribution in [0.1, 0.15) is 28.8 Å². The van der Waals surface area contributed by atoms with Gasteiger partial charge < -0.3 is 10.1 Å². The van der Waals surface area contributed by atoms with Crippen LogP contribution in [0.3, 0.4) is 0 Å². The maximum atomic E-state index is 12.7. The van der Waals surface area contributed by atoms with Gasteiger partial charge in [-0.1, -0.05) is 23.8 Å². The molecule has 2 aromatic carbocycles. The molecule has 1 fully saturated rings. The topological polar surface area (TPSA) is 75.7 Å². The maximum Gasteiger partial charge on any atom is 0.337 e. The van der Waals surface area contributed by atoms with Crippen LogP contribution in [0.2, 0.25) is 0 Å². The number of nitrogens with one attached hydrogen (secondary N) is 1. The largest absolute Gasteiger partial charge is 0.465 e. The number of nitrogens with zero attached hydrogens (tertiary/aromatic N) is 1. The summed E-state index contributed by atoms with van der Waals surface area (Å²) < 4.78 is 4.69. The summed E-state index contributed by atoms with van der Waals surface area (Å²) in [5, 5.41) is 2.79. The number of hydrogen-bond donors (Lipinski definition) is 1. The first-order valence-corrected chi connectivity index (χ1v) is 8.37. The highest BCUT2D eigenvalue weighted by atomic mass is 16.5. The fourth-order valence-corrected chi connectivity index (χ4v) is 3.03. The zero-order valence-corrected chi connectivity index (χ0v) is 14.7. The predicted molar refractivity (Wildman–Crippen MR) is 98.1 cm³/mol. The summed E-state index contributed by atoms with van der Waals surface area (Å²) in [5.74, 6) is -0.825. The van der Waals surface area contributed by atoms with E-state index in [9.17, 15) is 14.4 Å². The number of amides is 2. The van der Waals surface area contributed by atoms with Crippen LogP contribution in [0.15, 0.2) is 48.5 Å². The highest BCUT2D eigenvalue weighted by Crippen LogP contribution is 2.28. The van der Waals surface area contributed by atoms with Gasteiger partial charge in [-0.2, -0.15) is 0 Å². The van der Waals surface area contributed by atoms with Gasteiger partial charge in [-0.15, -0.1) is 0 Å². The average molecular weight is 352 g/mol. The quantitative estimate of drug-likeness (QED) is 0.859. The third-order valence-corrected chi connectivity index (χ3v) is 4.38. The molecule has 0 aliphatic carbocycles. The van der Waals surface area contributed by atoms with Crippen molar-refractivity contribution in [1.82, 2.24) is 0 Å². The van der Waals surface area contributed by atoms with E-state index in [0.29, 0.717) is 29.8 Å². The lowest BCUT2D eigenvalue weighted by atomic mass is 10.1. The summed E-state index contributed by atoms with van der Waals surface area (Å²) in [4.78, 5) is 38.2. The summed E-state index contributed by atoms with van der Waals surface area (Å²) in [5.41, 5.74) is 2.63. The van der Waals surface area contributed by atoms with Crippen LogP contribution in [0.4, 0.5) is 11.4 Å². The molecule has 134 valence electrons. The van der Waals surface area contributed by atoms with E-state index in [0.717, 1.165) is 5.56 Å². The molecule has 2 amide bonds. The van der Waals surface area contributed by atoms with Gasteiger partial charge >= 0.3 is 5.97 Å². The predicted octanol–water partition coefficient (Wildman–Crippen LogP) is 2.92. The Morgan fingerprint density at radius 3 is 2.58 bits per heavy atom. The SMILES string of the molecule is COC(=O)c1cccc(NC(=O)C2CCC(=O)N2c2ccc(C)cc2)c1. The zero-order valence-electron chi connectivity index (χ0n) is 14.7. The molecule has 0 spiro atoms. The monoisotopic (exact) mass is 352 g/mol. The molecule has 2 aromatic rings. The Kier molecular flexibility index (Phi) is 5.02. The lowest BCUT2D eigenvalue weighted by Crippen LogP contribution is -2.41. The van der Waals surface area contributed by atoms with Crippen molar-refractivity contribution in [3.05, 3.63) is 59.7 Å². The van der Waals surface area contributed by atoms with Crippen molar-refractivity contribution < 1.29 is 19.1 Å². The molecule has 26 heavy (non-hydrogen) atoms. The normalized spacial score (nSPS) is 16.5. The number of anilines is 2. The molecule has 3 rings (SSSR count). The van der Waals surface area contributed by atoms with Gasteiger partial charge in [-0.25, -0.2) is 4.79 Å². The van der Waals surface area contributed by atoms with Crippen molar-refractivity contribution in [3.8, 4) is 0 Å². The highest BCUT2D eigenvalue weighted by molar-refractivity contribution is 6.07. The van der Waals surface area contributed by atoms with Gasteiger partial charge in [0, 0.05) is 17.8 Å². The number of esters is 1. The molecule has 1 N–H and O–H groups in total. The Hall–Kier alpha value is -3.15. The Morgan fingerprint density at radius 1 is 1.15 bits per heavy atom. The second kappa shape index (κ2) is 7.39. The zero-order chi connectivity index (χ0) is 18.7. The molecule has 1 saturated heterocycles. The molecular formula is C20H20N2O4. The van der Waals surface area contributed by atoms with E-state index >= 15 is 0 Å². The molecule has 6 heteroatoms. The number of methoxy groups -OCH3 is 1. The Balaban J connectivity index is 1.79. The molecule has 0 saturated carbocycles. The lowest BCUT2D eigenvalue weighted by molar-refractivity contribution is -0.120. The number of hydrogen-bond acceptors (Lipinski definition) is 4. The van der Waals surface area contributed by atoms with E-state index in [4.69, 9.17) is 4.74 Å². The Bertz CT molecular complexity index is 845. The van der Waals surface area contributed by atoms with Gasteiger partial charge in [0.2, 0.25) is 11.8 Å². The molecular weight excluding hydrogens is 332 g/mol. The van der Waals surface area contributed by atoms with Crippen molar-refractivity contribution in [3.63, 3.8) is 0 Å². The number of ether oxygens (including phenoxy) is 1. The van der Waals surface area contributed by atoms with Crippen LogP contribution in [0, 0.1) is 6.92 Å². The van der Waals surface area contributed by atoms with E-state index in [1.165, 1.54) is 7.11 Å². The van der Waals surface area contributed by atoms with E-state index in [1.54, 1.807) is 29.2 Å². The van der Waals surface area contributed by atoms with E-state index in [1.807, 2.05) is 31.2 Å². The van der Waals surface area contributed by atoms with Crippen LogP contribution in [0.25, 0.3) is 0 Å². The van der Waals surface area contributed by atoms with Crippen molar-refractivity contribution in [2.45, 2.75) is 25.8 Å². The first-order chi connectivity index (χ1) is 12.5. The number of rotatable bonds is 4. The fraction of sp³-hybridized carbons (Fsp3) is 0.250. The minimum Gasteiger partial charge on any atom is -0.465 e. The minimum absolute atomic E-state index is 0.0719. The number of aryl methyl sites for hydroxylation is 1. The Labute approximate surface area is 151 Å². The summed E-state index contributed by atoms with van der Waals surface area (Å²) in [6.07, 6.45) is 0.781. The van der Waals surface area contributed by atoms with Crippen molar-refractivity contribution in [2.75, 3.05) is 17.3 Å². The standard InChI is InChI=1S/C20H20N2O4/c1-13-6-8-16(9-7-13)22-17(10-11-18(22)23)19(24)21-15-5-3-4-14(12-15)20(25)26-2/h3-9,12,17H,10-11H2,1-2H3,(H,21,24). The van der Waals surface area contributed by atoms with Crippen LogP contribution >= 0.6 is 0 Å². The molecule has 1 heterocycles. The van der Waals surface area contributed by atoms with Gasteiger partial charge in [0.15, 0.2) is 0 Å². The first-order valence-electron chi connectivity index (χ1n) is 8.37. The Morgan fingerprint density at radius 2 is 1.88 bits per heavy atom. The molecule has 1 atom stereocenters. The van der Waals surface area contributed by atoms with Crippen LogP contribution in [0.5, 0.6) is 0 Å². The van der Waals surface area contributed by atoms with Gasteiger partial charge in [0.25, 0.3) is 0 Å². The number of carbonyl (C=O) groups is 3. The summed E-state index contributed by atoms with van der Waals surface area (Å²) in [6, 6.07) is 13.5. The van der Waals surface area contributed by atoms with E-state index in [-0.39, 0.29) is 11.8 Å². The molecule has 0 aromatic heterocycles. The fourth-order valence-electron chi connectivity index (χ4n) is 3.03. The lowest BCUT2D eigenvalue weighted by Gasteiger charge is -2.24. The van der Waals surface area contributed by atoms with Crippen LogP contribution < -0.4 is 10.2 Å². The summed E-state index contributed by atoms with van der Waals surface area (Å²) in [6.45, 7) is 1.97.